The van der Waals surface area contributed by atoms with E-state index >= 15 is 0 Å². The second kappa shape index (κ2) is 4.68. The molecule has 1 aliphatic heterocycles. The highest BCUT2D eigenvalue weighted by atomic mass is 35.5. The molecule has 0 saturated carbocycles. The first-order valence-corrected chi connectivity index (χ1v) is 5.40. The molecule has 4 nitrogen and oxygen atoms in total. The first-order chi connectivity index (χ1) is 7.25. The molecular weight excluding hydrogens is 214 g/mol. The molecule has 0 radical (unpaired) electrons. The molecule has 1 aromatic rings. The zero-order chi connectivity index (χ0) is 10.7. The molecule has 0 bridgehead atoms. The van der Waals surface area contributed by atoms with Crippen molar-refractivity contribution in [3.05, 3.63) is 17.4 Å². The maximum Gasteiger partial charge on any atom is 0.152 e. The zero-order valence-corrected chi connectivity index (χ0v) is 9.13. The highest BCUT2D eigenvalue weighted by Crippen LogP contribution is 2.21. The number of nitrogens with one attached hydrogen (secondary N) is 1. The highest BCUT2D eigenvalue weighted by Gasteiger charge is 2.14. The largest absolute Gasteiger partial charge is 0.490 e. The number of pyridine rings is 1. The van der Waals surface area contributed by atoms with E-state index in [0.29, 0.717) is 29.2 Å². The fourth-order valence-electron chi connectivity index (χ4n) is 1.62. The van der Waals surface area contributed by atoms with Crippen molar-refractivity contribution in [2.45, 2.75) is 18.9 Å². The van der Waals surface area contributed by atoms with Gasteiger partial charge in [-0.25, -0.2) is 4.98 Å². The molecule has 5 heteroatoms. The lowest BCUT2D eigenvalue weighted by molar-refractivity contribution is 0.276. The molecular formula is C10H14ClN3O. The Hall–Kier alpha value is -1.00. The lowest BCUT2D eigenvalue weighted by Crippen LogP contribution is -2.28. The van der Waals surface area contributed by atoms with E-state index in [1.165, 1.54) is 6.42 Å². The van der Waals surface area contributed by atoms with Gasteiger partial charge in [0, 0.05) is 12.1 Å². The number of nitrogens with zero attached hydrogens (tertiary/aromatic N) is 1. The summed E-state index contributed by atoms with van der Waals surface area (Å²) in [4.78, 5) is 3.92. The van der Waals surface area contributed by atoms with Crippen molar-refractivity contribution in [3.8, 4) is 5.75 Å². The van der Waals surface area contributed by atoms with Gasteiger partial charge in [-0.3, -0.25) is 0 Å². The van der Waals surface area contributed by atoms with Crippen LogP contribution in [0.4, 0.5) is 5.69 Å². The number of anilines is 1. The Bertz CT molecular complexity index is 339. The Morgan fingerprint density at radius 2 is 2.53 bits per heavy atom. The first-order valence-electron chi connectivity index (χ1n) is 5.03. The van der Waals surface area contributed by atoms with E-state index in [9.17, 15) is 0 Å². The summed E-state index contributed by atoms with van der Waals surface area (Å²) in [5.41, 5.74) is 6.07. The number of nitrogens with two attached hydrogens (primary N) is 1. The summed E-state index contributed by atoms with van der Waals surface area (Å²) < 4.78 is 5.56. The van der Waals surface area contributed by atoms with Gasteiger partial charge in [-0.15, -0.1) is 0 Å². The van der Waals surface area contributed by atoms with Crippen molar-refractivity contribution >= 4 is 17.3 Å². The molecule has 82 valence electrons. The van der Waals surface area contributed by atoms with Crippen LogP contribution in [0.5, 0.6) is 5.75 Å². The molecule has 2 heterocycles. The smallest absolute Gasteiger partial charge is 0.152 e. The second-order valence-electron chi connectivity index (χ2n) is 3.66. The summed E-state index contributed by atoms with van der Waals surface area (Å²) in [5, 5.41) is 3.67. The van der Waals surface area contributed by atoms with E-state index in [2.05, 4.69) is 10.3 Å². The number of aromatic nitrogens is 1. The highest BCUT2D eigenvalue weighted by molar-refractivity contribution is 6.31. The van der Waals surface area contributed by atoms with Gasteiger partial charge in [0.1, 0.15) is 12.4 Å². The molecule has 2 rings (SSSR count). The third kappa shape index (κ3) is 2.73. The number of ether oxygens (including phenoxy) is 1. The predicted octanol–water partition coefficient (Wildman–Crippen LogP) is 1.45. The number of rotatable bonds is 3. The van der Waals surface area contributed by atoms with Gasteiger partial charge in [0.05, 0.1) is 11.9 Å². The van der Waals surface area contributed by atoms with Crippen LogP contribution in [0.1, 0.15) is 12.8 Å². The minimum atomic E-state index is 0.321. The van der Waals surface area contributed by atoms with Crippen molar-refractivity contribution in [2.24, 2.45) is 0 Å². The number of halogens is 1. The third-order valence-corrected chi connectivity index (χ3v) is 2.77. The molecule has 1 aliphatic rings. The summed E-state index contributed by atoms with van der Waals surface area (Å²) in [6.45, 7) is 1.73. The number of hydrogen-bond donors (Lipinski definition) is 2. The fraction of sp³-hybridized carbons (Fsp3) is 0.500. The van der Waals surface area contributed by atoms with Gasteiger partial charge in [0.2, 0.25) is 0 Å². The van der Waals surface area contributed by atoms with Crippen molar-refractivity contribution in [1.29, 1.82) is 0 Å². The normalized spacial score (nSPS) is 20.5. The standard InChI is InChI=1S/C10H14ClN3O/c11-10-9(12)4-8(5-14-10)15-6-7-2-1-3-13-7/h4-5,7,13H,1-3,6,12H2/t7-/m1/s1. The van der Waals surface area contributed by atoms with E-state index in [1.807, 2.05) is 0 Å². The maximum atomic E-state index is 5.70. The van der Waals surface area contributed by atoms with Gasteiger partial charge < -0.3 is 15.8 Å². The van der Waals surface area contributed by atoms with E-state index < -0.39 is 0 Å². The summed E-state index contributed by atoms with van der Waals surface area (Å²) >= 11 is 5.70. The molecule has 0 amide bonds. The Labute approximate surface area is 93.8 Å². The molecule has 15 heavy (non-hydrogen) atoms. The van der Waals surface area contributed by atoms with Crippen molar-refractivity contribution in [2.75, 3.05) is 18.9 Å². The van der Waals surface area contributed by atoms with Crippen LogP contribution in [0, 0.1) is 0 Å². The molecule has 0 aromatic carbocycles. The van der Waals surface area contributed by atoms with E-state index in [1.54, 1.807) is 12.3 Å². The Morgan fingerprint density at radius 1 is 1.67 bits per heavy atom. The molecule has 0 spiro atoms. The molecule has 0 aliphatic carbocycles. The fourth-order valence-corrected chi connectivity index (χ4v) is 1.72. The summed E-state index contributed by atoms with van der Waals surface area (Å²) in [5.74, 6) is 0.672. The Kier molecular flexibility index (Phi) is 3.28. The van der Waals surface area contributed by atoms with Gasteiger partial charge in [-0.05, 0) is 19.4 Å². The predicted molar refractivity (Wildman–Crippen MR) is 60.2 cm³/mol. The van der Waals surface area contributed by atoms with Crippen LogP contribution in [0.15, 0.2) is 12.3 Å². The first kappa shape index (κ1) is 10.5. The SMILES string of the molecule is Nc1cc(OC[C@H]2CCCN2)cnc1Cl. The van der Waals surface area contributed by atoms with Crippen LogP contribution in [0.2, 0.25) is 5.15 Å². The average molecular weight is 228 g/mol. The van der Waals surface area contributed by atoms with Gasteiger partial charge in [0.25, 0.3) is 0 Å². The topological polar surface area (TPSA) is 60.2 Å². The van der Waals surface area contributed by atoms with Crippen LogP contribution in [-0.4, -0.2) is 24.2 Å². The zero-order valence-electron chi connectivity index (χ0n) is 8.37. The molecule has 1 aromatic heterocycles. The van der Waals surface area contributed by atoms with Crippen molar-refractivity contribution in [1.82, 2.24) is 10.3 Å². The second-order valence-corrected chi connectivity index (χ2v) is 4.01. The van der Waals surface area contributed by atoms with Gasteiger partial charge in [-0.2, -0.15) is 0 Å². The van der Waals surface area contributed by atoms with E-state index in [-0.39, 0.29) is 0 Å². The van der Waals surface area contributed by atoms with Gasteiger partial charge in [-0.1, -0.05) is 11.6 Å². The number of nitrogen functional groups attached to an aromatic ring is 1. The summed E-state index contributed by atoms with van der Waals surface area (Å²) in [7, 11) is 0. The van der Waals surface area contributed by atoms with Crippen LogP contribution < -0.4 is 15.8 Å². The maximum absolute atomic E-state index is 5.70. The lowest BCUT2D eigenvalue weighted by Gasteiger charge is -2.12. The van der Waals surface area contributed by atoms with E-state index in [4.69, 9.17) is 22.1 Å². The van der Waals surface area contributed by atoms with E-state index in [0.717, 1.165) is 13.0 Å². The lowest BCUT2D eigenvalue weighted by atomic mass is 10.2. The van der Waals surface area contributed by atoms with Crippen LogP contribution in [0.3, 0.4) is 0 Å². The van der Waals surface area contributed by atoms with Gasteiger partial charge in [0.15, 0.2) is 5.15 Å². The van der Waals surface area contributed by atoms with Crippen LogP contribution in [0.25, 0.3) is 0 Å². The van der Waals surface area contributed by atoms with Crippen molar-refractivity contribution in [3.63, 3.8) is 0 Å². The molecule has 1 atom stereocenters. The molecule has 3 N–H and O–H groups in total. The minimum Gasteiger partial charge on any atom is -0.490 e. The van der Waals surface area contributed by atoms with Crippen molar-refractivity contribution < 1.29 is 4.74 Å². The average Bonchev–Trinajstić information content (AvgIpc) is 2.73. The van der Waals surface area contributed by atoms with Gasteiger partial charge >= 0.3 is 0 Å². The number of hydrogen-bond acceptors (Lipinski definition) is 4. The quantitative estimate of drug-likeness (QED) is 0.768. The molecule has 1 fully saturated rings. The summed E-state index contributed by atoms with van der Waals surface area (Å²) in [6, 6.07) is 2.14. The monoisotopic (exact) mass is 227 g/mol. The Balaban J connectivity index is 1.90. The molecule has 1 saturated heterocycles. The van der Waals surface area contributed by atoms with Crippen LogP contribution in [-0.2, 0) is 0 Å². The Morgan fingerprint density at radius 3 is 3.20 bits per heavy atom. The summed E-state index contributed by atoms with van der Waals surface area (Å²) in [6.07, 6.45) is 3.97. The molecule has 0 unspecified atom stereocenters. The minimum absolute atomic E-state index is 0.321. The third-order valence-electron chi connectivity index (χ3n) is 2.45. The van der Waals surface area contributed by atoms with Crippen LogP contribution >= 0.6 is 11.6 Å².